The van der Waals surface area contributed by atoms with Crippen LogP contribution in [0.15, 0.2) is 12.7 Å². The molecule has 106 valence electrons. The average Bonchev–Trinajstić information content (AvgIpc) is 2.35. The molecular formula is C13H26ClN3O. The van der Waals surface area contributed by atoms with E-state index in [0.29, 0.717) is 12.5 Å². The van der Waals surface area contributed by atoms with E-state index in [4.69, 9.17) is 5.73 Å². The van der Waals surface area contributed by atoms with E-state index in [9.17, 15) is 4.79 Å². The lowest BCUT2D eigenvalue weighted by Crippen LogP contribution is -2.49. The Labute approximate surface area is 116 Å². The van der Waals surface area contributed by atoms with Gasteiger partial charge in [-0.05, 0) is 45.7 Å². The summed E-state index contributed by atoms with van der Waals surface area (Å²) in [5.41, 5.74) is 5.91. The number of hydrogen-bond donors (Lipinski definition) is 2. The number of hydrogen-bond acceptors (Lipinski definition) is 3. The Bertz CT molecular complexity index is 263. The first-order chi connectivity index (χ1) is 8.06. The molecule has 2 atom stereocenters. The molecule has 0 radical (unpaired) electrons. The van der Waals surface area contributed by atoms with Gasteiger partial charge >= 0.3 is 0 Å². The van der Waals surface area contributed by atoms with E-state index in [0.717, 1.165) is 25.9 Å². The maximum Gasteiger partial charge on any atom is 0.237 e. The summed E-state index contributed by atoms with van der Waals surface area (Å²) in [6, 6.07) is 0.214. The van der Waals surface area contributed by atoms with Gasteiger partial charge in [0.25, 0.3) is 0 Å². The molecule has 0 bridgehead atoms. The van der Waals surface area contributed by atoms with Crippen LogP contribution in [-0.2, 0) is 4.79 Å². The van der Waals surface area contributed by atoms with Gasteiger partial charge in [0.2, 0.25) is 5.91 Å². The molecule has 1 aliphatic rings. The van der Waals surface area contributed by atoms with Gasteiger partial charge in [-0.1, -0.05) is 6.08 Å². The van der Waals surface area contributed by atoms with Gasteiger partial charge in [0.1, 0.15) is 0 Å². The van der Waals surface area contributed by atoms with Crippen LogP contribution in [0, 0.1) is 5.92 Å². The van der Waals surface area contributed by atoms with Crippen molar-refractivity contribution in [3.63, 3.8) is 0 Å². The van der Waals surface area contributed by atoms with Crippen LogP contribution < -0.4 is 11.1 Å². The van der Waals surface area contributed by atoms with Crippen molar-refractivity contribution < 1.29 is 4.79 Å². The molecule has 1 fully saturated rings. The second-order valence-corrected chi connectivity index (χ2v) is 4.94. The van der Waals surface area contributed by atoms with Crippen LogP contribution in [0.1, 0.15) is 26.7 Å². The number of piperidine rings is 1. The maximum absolute atomic E-state index is 11.8. The number of carbonyl (C=O) groups is 1. The minimum atomic E-state index is -0.0519. The fraction of sp³-hybridized carbons (Fsp3) is 0.769. The summed E-state index contributed by atoms with van der Waals surface area (Å²) in [4.78, 5) is 14.0. The Kier molecular flexibility index (Phi) is 8.24. The van der Waals surface area contributed by atoms with Crippen LogP contribution in [0.2, 0.25) is 0 Å². The Morgan fingerprint density at radius 1 is 1.50 bits per heavy atom. The van der Waals surface area contributed by atoms with E-state index >= 15 is 0 Å². The minimum absolute atomic E-state index is 0. The molecule has 1 rings (SSSR count). The molecule has 2 unspecified atom stereocenters. The van der Waals surface area contributed by atoms with E-state index in [-0.39, 0.29) is 30.4 Å². The summed E-state index contributed by atoms with van der Waals surface area (Å²) in [5.74, 6) is 0.693. The smallest absolute Gasteiger partial charge is 0.237 e. The highest BCUT2D eigenvalue weighted by Crippen LogP contribution is 2.20. The fourth-order valence-corrected chi connectivity index (χ4v) is 2.32. The molecule has 1 heterocycles. The molecule has 0 aromatic heterocycles. The standard InChI is InChI=1S/C13H25N3O.ClH/c1-4-7-15-13(17)11(3)16-8-5-12(6-9-16)10(2)14;/h4,10-12H,1,5-9,14H2,2-3H3,(H,15,17);1H. The van der Waals surface area contributed by atoms with Gasteiger partial charge < -0.3 is 11.1 Å². The van der Waals surface area contributed by atoms with Crippen molar-refractivity contribution >= 4 is 18.3 Å². The van der Waals surface area contributed by atoms with Crippen LogP contribution in [0.25, 0.3) is 0 Å². The number of nitrogens with one attached hydrogen (secondary N) is 1. The zero-order valence-electron chi connectivity index (χ0n) is 11.4. The van der Waals surface area contributed by atoms with Crippen molar-refractivity contribution in [2.24, 2.45) is 11.7 Å². The van der Waals surface area contributed by atoms with Gasteiger partial charge in [0.05, 0.1) is 6.04 Å². The van der Waals surface area contributed by atoms with Crippen LogP contribution in [0.3, 0.4) is 0 Å². The molecule has 1 aliphatic heterocycles. The second-order valence-electron chi connectivity index (χ2n) is 4.94. The van der Waals surface area contributed by atoms with Gasteiger partial charge in [0, 0.05) is 12.6 Å². The number of rotatable bonds is 5. The molecule has 1 amide bonds. The van der Waals surface area contributed by atoms with Crippen molar-refractivity contribution in [2.45, 2.75) is 38.8 Å². The first-order valence-corrected chi connectivity index (χ1v) is 6.44. The zero-order valence-corrected chi connectivity index (χ0v) is 12.2. The highest BCUT2D eigenvalue weighted by atomic mass is 35.5. The number of nitrogens with zero attached hydrogens (tertiary/aromatic N) is 1. The monoisotopic (exact) mass is 275 g/mol. The quantitative estimate of drug-likeness (QED) is 0.741. The summed E-state index contributed by atoms with van der Waals surface area (Å²) < 4.78 is 0. The van der Waals surface area contributed by atoms with Crippen molar-refractivity contribution in [2.75, 3.05) is 19.6 Å². The third-order valence-corrected chi connectivity index (χ3v) is 3.67. The Hall–Kier alpha value is -0.580. The lowest BCUT2D eigenvalue weighted by molar-refractivity contribution is -0.126. The Balaban J connectivity index is 0.00000289. The van der Waals surface area contributed by atoms with Gasteiger partial charge in [-0.2, -0.15) is 0 Å². The molecule has 18 heavy (non-hydrogen) atoms. The topological polar surface area (TPSA) is 58.4 Å². The predicted molar refractivity (Wildman–Crippen MR) is 77.9 cm³/mol. The Morgan fingerprint density at radius 3 is 2.50 bits per heavy atom. The van der Waals surface area contributed by atoms with E-state index in [1.807, 2.05) is 6.92 Å². The number of amides is 1. The van der Waals surface area contributed by atoms with Crippen LogP contribution in [-0.4, -0.2) is 42.5 Å². The zero-order chi connectivity index (χ0) is 12.8. The van der Waals surface area contributed by atoms with E-state index < -0.39 is 0 Å². The molecule has 4 nitrogen and oxygen atoms in total. The summed E-state index contributed by atoms with van der Waals surface area (Å²) >= 11 is 0. The lowest BCUT2D eigenvalue weighted by atomic mass is 9.90. The molecule has 1 saturated heterocycles. The molecule has 0 spiro atoms. The summed E-state index contributed by atoms with van der Waals surface area (Å²) in [5, 5.41) is 2.84. The van der Waals surface area contributed by atoms with Crippen molar-refractivity contribution in [1.29, 1.82) is 0 Å². The maximum atomic E-state index is 11.8. The van der Waals surface area contributed by atoms with Gasteiger partial charge in [-0.25, -0.2) is 0 Å². The molecule has 0 aliphatic carbocycles. The van der Waals surface area contributed by atoms with Gasteiger partial charge in [0.15, 0.2) is 0 Å². The molecule has 0 saturated carbocycles. The fourth-order valence-electron chi connectivity index (χ4n) is 2.32. The van der Waals surface area contributed by atoms with Crippen molar-refractivity contribution in [3.8, 4) is 0 Å². The van der Waals surface area contributed by atoms with E-state index in [1.54, 1.807) is 6.08 Å². The van der Waals surface area contributed by atoms with Crippen LogP contribution in [0.5, 0.6) is 0 Å². The van der Waals surface area contributed by atoms with Gasteiger partial charge in [-0.3, -0.25) is 9.69 Å². The first kappa shape index (κ1) is 17.4. The molecule has 0 aromatic carbocycles. The summed E-state index contributed by atoms with van der Waals surface area (Å²) in [6.07, 6.45) is 3.89. The third-order valence-electron chi connectivity index (χ3n) is 3.67. The molecule has 5 heteroatoms. The lowest BCUT2D eigenvalue weighted by Gasteiger charge is -2.36. The second kappa shape index (κ2) is 8.51. The van der Waals surface area contributed by atoms with Crippen molar-refractivity contribution in [3.05, 3.63) is 12.7 Å². The van der Waals surface area contributed by atoms with Crippen LogP contribution in [0.4, 0.5) is 0 Å². The average molecular weight is 276 g/mol. The largest absolute Gasteiger partial charge is 0.351 e. The number of likely N-dealkylation sites (tertiary alicyclic amines) is 1. The Morgan fingerprint density at radius 2 is 2.06 bits per heavy atom. The minimum Gasteiger partial charge on any atom is -0.351 e. The highest BCUT2D eigenvalue weighted by molar-refractivity contribution is 5.85. The van der Waals surface area contributed by atoms with Crippen molar-refractivity contribution in [1.82, 2.24) is 10.2 Å². The number of halogens is 1. The number of carbonyl (C=O) groups excluding carboxylic acids is 1. The molecule has 0 aromatic rings. The van der Waals surface area contributed by atoms with E-state index in [2.05, 4.69) is 23.7 Å². The summed E-state index contributed by atoms with van der Waals surface area (Å²) in [7, 11) is 0. The number of nitrogens with two attached hydrogens (primary N) is 1. The van der Waals surface area contributed by atoms with Gasteiger partial charge in [-0.15, -0.1) is 19.0 Å². The third kappa shape index (κ3) is 4.96. The normalized spacial score (nSPS) is 20.6. The predicted octanol–water partition coefficient (Wildman–Crippen LogP) is 1.16. The van der Waals surface area contributed by atoms with E-state index in [1.165, 1.54) is 0 Å². The molecular weight excluding hydrogens is 250 g/mol. The summed E-state index contributed by atoms with van der Waals surface area (Å²) in [6.45, 7) is 10.1. The molecule has 3 N–H and O–H groups in total. The first-order valence-electron chi connectivity index (χ1n) is 6.44. The highest BCUT2D eigenvalue weighted by Gasteiger charge is 2.27. The SMILES string of the molecule is C=CCNC(=O)C(C)N1CCC(C(C)N)CC1.Cl. The van der Waals surface area contributed by atoms with Crippen LogP contribution >= 0.6 is 12.4 Å².